The molecule has 0 saturated carbocycles. The topological polar surface area (TPSA) is 109 Å². The average molecular weight is 268 g/mol. The quantitative estimate of drug-likeness (QED) is 0.625. The minimum Gasteiger partial charge on any atom is -0.480 e. The summed E-state index contributed by atoms with van der Waals surface area (Å²) in [5.41, 5.74) is -0.236. The minimum absolute atomic E-state index is 0.0413. The van der Waals surface area contributed by atoms with Gasteiger partial charge >= 0.3 is 5.97 Å². The standard InChI is InChI=1S/C12H16N2O5/c1-8(15)11(12(18)19)13-9(16)5-7-14-6-3-2-4-10(14)17/h2-4,6,8,11,15H,5,7H2,1H3,(H,13,16)(H,18,19)/t8-,11+/m1/s1. The lowest BCUT2D eigenvalue weighted by molar-refractivity contribution is -0.144. The molecule has 0 aliphatic rings. The first-order chi connectivity index (χ1) is 8.91. The third-order valence-electron chi connectivity index (χ3n) is 2.54. The lowest BCUT2D eigenvalue weighted by Crippen LogP contribution is -2.47. The van der Waals surface area contributed by atoms with Crippen LogP contribution in [0.4, 0.5) is 0 Å². The summed E-state index contributed by atoms with van der Waals surface area (Å²) >= 11 is 0. The summed E-state index contributed by atoms with van der Waals surface area (Å²) in [6.07, 6.45) is 0.306. The molecular formula is C12H16N2O5. The van der Waals surface area contributed by atoms with Gasteiger partial charge in [-0.3, -0.25) is 9.59 Å². The van der Waals surface area contributed by atoms with E-state index >= 15 is 0 Å². The minimum atomic E-state index is -1.35. The van der Waals surface area contributed by atoms with Crippen molar-refractivity contribution in [3.05, 3.63) is 34.7 Å². The fourth-order valence-electron chi connectivity index (χ4n) is 1.50. The summed E-state index contributed by atoms with van der Waals surface area (Å²) in [4.78, 5) is 33.7. The number of carboxylic acid groups (broad SMARTS) is 1. The van der Waals surface area contributed by atoms with Crippen LogP contribution < -0.4 is 10.9 Å². The number of hydrogen-bond acceptors (Lipinski definition) is 4. The molecular weight excluding hydrogens is 252 g/mol. The number of aromatic nitrogens is 1. The van der Waals surface area contributed by atoms with Crippen LogP contribution >= 0.6 is 0 Å². The van der Waals surface area contributed by atoms with Crippen LogP contribution in [0.3, 0.4) is 0 Å². The zero-order valence-corrected chi connectivity index (χ0v) is 10.4. The van der Waals surface area contributed by atoms with Crippen molar-refractivity contribution in [2.45, 2.75) is 32.0 Å². The van der Waals surface area contributed by atoms with E-state index in [4.69, 9.17) is 5.11 Å². The summed E-state index contributed by atoms with van der Waals surface area (Å²) in [5.74, 6) is -1.84. The van der Waals surface area contributed by atoms with Crippen molar-refractivity contribution in [1.29, 1.82) is 0 Å². The van der Waals surface area contributed by atoms with Gasteiger partial charge in [-0.05, 0) is 13.0 Å². The van der Waals surface area contributed by atoms with Gasteiger partial charge in [0.05, 0.1) is 6.10 Å². The van der Waals surface area contributed by atoms with Crippen molar-refractivity contribution in [1.82, 2.24) is 9.88 Å². The lowest BCUT2D eigenvalue weighted by atomic mass is 10.2. The van der Waals surface area contributed by atoms with Crippen LogP contribution in [0.2, 0.25) is 0 Å². The summed E-state index contributed by atoms with van der Waals surface area (Å²) in [5, 5.41) is 20.2. The Labute approximate surface area is 109 Å². The number of nitrogens with one attached hydrogen (secondary N) is 1. The Morgan fingerprint density at radius 3 is 2.63 bits per heavy atom. The van der Waals surface area contributed by atoms with Crippen molar-refractivity contribution in [3.63, 3.8) is 0 Å². The SMILES string of the molecule is C[C@@H](O)[C@H](NC(=O)CCn1ccccc1=O)C(=O)O. The van der Waals surface area contributed by atoms with Gasteiger partial charge in [-0.25, -0.2) is 4.79 Å². The van der Waals surface area contributed by atoms with E-state index in [-0.39, 0.29) is 18.5 Å². The van der Waals surface area contributed by atoms with E-state index in [1.165, 1.54) is 17.6 Å². The maximum atomic E-state index is 11.5. The van der Waals surface area contributed by atoms with Crippen LogP contribution in [0.5, 0.6) is 0 Å². The Morgan fingerprint density at radius 2 is 2.11 bits per heavy atom. The van der Waals surface area contributed by atoms with Crippen LogP contribution in [0, 0.1) is 0 Å². The molecule has 3 N–H and O–H groups in total. The van der Waals surface area contributed by atoms with Crippen molar-refractivity contribution in [3.8, 4) is 0 Å². The maximum absolute atomic E-state index is 11.5. The molecule has 0 unspecified atom stereocenters. The van der Waals surface area contributed by atoms with E-state index in [1.807, 2.05) is 0 Å². The van der Waals surface area contributed by atoms with Crippen LogP contribution in [-0.4, -0.2) is 38.8 Å². The largest absolute Gasteiger partial charge is 0.480 e. The van der Waals surface area contributed by atoms with Gasteiger partial charge in [-0.2, -0.15) is 0 Å². The molecule has 19 heavy (non-hydrogen) atoms. The van der Waals surface area contributed by atoms with Gasteiger partial charge in [0.25, 0.3) is 5.56 Å². The fourth-order valence-corrected chi connectivity index (χ4v) is 1.50. The zero-order valence-electron chi connectivity index (χ0n) is 10.4. The fraction of sp³-hybridized carbons (Fsp3) is 0.417. The number of pyridine rings is 1. The highest BCUT2D eigenvalue weighted by Gasteiger charge is 2.24. The summed E-state index contributed by atoms with van der Waals surface area (Å²) in [6, 6.07) is 3.27. The molecule has 1 aromatic heterocycles. The van der Waals surface area contributed by atoms with Gasteiger partial charge < -0.3 is 20.1 Å². The van der Waals surface area contributed by atoms with Gasteiger partial charge in [0.2, 0.25) is 5.91 Å². The molecule has 0 aliphatic carbocycles. The molecule has 104 valence electrons. The Balaban J connectivity index is 2.55. The molecule has 1 amide bonds. The third kappa shape index (κ3) is 4.55. The molecule has 0 fully saturated rings. The highest BCUT2D eigenvalue weighted by Crippen LogP contribution is 1.95. The molecule has 7 nitrogen and oxygen atoms in total. The second-order valence-electron chi connectivity index (χ2n) is 4.11. The van der Waals surface area contributed by atoms with Crippen LogP contribution in [0.25, 0.3) is 0 Å². The molecule has 0 radical (unpaired) electrons. The molecule has 0 aromatic carbocycles. The number of rotatable bonds is 6. The number of amides is 1. The predicted octanol–water partition coefficient (Wildman–Crippen LogP) is -0.811. The molecule has 7 heteroatoms. The second kappa shape index (κ2) is 6.69. The Bertz CT molecular complexity index is 509. The summed E-state index contributed by atoms with van der Waals surface area (Å²) < 4.78 is 1.34. The first-order valence-corrected chi connectivity index (χ1v) is 5.77. The van der Waals surface area contributed by atoms with Crippen LogP contribution in [0.15, 0.2) is 29.2 Å². The normalized spacial score (nSPS) is 13.6. The average Bonchev–Trinajstić information content (AvgIpc) is 2.34. The van der Waals surface area contributed by atoms with E-state index < -0.39 is 24.0 Å². The van der Waals surface area contributed by atoms with E-state index in [0.29, 0.717) is 0 Å². The molecule has 0 aliphatic heterocycles. The number of aliphatic carboxylic acids is 1. The predicted molar refractivity (Wildman–Crippen MR) is 66.6 cm³/mol. The second-order valence-corrected chi connectivity index (χ2v) is 4.11. The van der Waals surface area contributed by atoms with E-state index in [1.54, 1.807) is 18.3 Å². The van der Waals surface area contributed by atoms with Gasteiger partial charge in [-0.15, -0.1) is 0 Å². The van der Waals surface area contributed by atoms with E-state index in [2.05, 4.69) is 5.32 Å². The molecule has 1 rings (SSSR count). The van der Waals surface area contributed by atoms with Gasteiger partial charge in [0, 0.05) is 25.2 Å². The molecule has 0 spiro atoms. The number of aliphatic hydroxyl groups is 1. The van der Waals surface area contributed by atoms with Gasteiger partial charge in [-0.1, -0.05) is 6.07 Å². The smallest absolute Gasteiger partial charge is 0.328 e. The van der Waals surface area contributed by atoms with Crippen molar-refractivity contribution >= 4 is 11.9 Å². The van der Waals surface area contributed by atoms with Gasteiger partial charge in [0.15, 0.2) is 6.04 Å². The molecule has 2 atom stereocenters. The molecule has 1 aromatic rings. The Kier molecular flexibility index (Phi) is 5.25. The highest BCUT2D eigenvalue weighted by molar-refractivity contribution is 5.83. The van der Waals surface area contributed by atoms with Crippen molar-refractivity contribution in [2.24, 2.45) is 0 Å². The van der Waals surface area contributed by atoms with Crippen molar-refractivity contribution in [2.75, 3.05) is 0 Å². The number of carbonyl (C=O) groups is 2. The first-order valence-electron chi connectivity index (χ1n) is 5.77. The van der Waals surface area contributed by atoms with Gasteiger partial charge in [0.1, 0.15) is 0 Å². The van der Waals surface area contributed by atoms with Crippen molar-refractivity contribution < 1.29 is 19.8 Å². The van der Waals surface area contributed by atoms with E-state index in [0.717, 1.165) is 0 Å². The summed E-state index contributed by atoms with van der Waals surface area (Å²) in [7, 11) is 0. The molecule has 1 heterocycles. The number of aliphatic hydroxyl groups excluding tert-OH is 1. The van der Waals surface area contributed by atoms with Crippen LogP contribution in [-0.2, 0) is 16.1 Å². The maximum Gasteiger partial charge on any atom is 0.328 e. The Hall–Kier alpha value is -2.15. The highest BCUT2D eigenvalue weighted by atomic mass is 16.4. The first kappa shape index (κ1) is 14.9. The molecule has 0 bridgehead atoms. The monoisotopic (exact) mass is 268 g/mol. The number of carbonyl (C=O) groups excluding carboxylic acids is 1. The Morgan fingerprint density at radius 1 is 1.42 bits per heavy atom. The number of aryl methyl sites for hydroxylation is 1. The molecule has 0 saturated heterocycles. The van der Waals surface area contributed by atoms with E-state index in [9.17, 15) is 19.5 Å². The lowest BCUT2D eigenvalue weighted by Gasteiger charge is -2.17. The third-order valence-corrected chi connectivity index (χ3v) is 2.54. The summed E-state index contributed by atoms with van der Waals surface area (Å²) in [6.45, 7) is 1.43. The zero-order chi connectivity index (χ0) is 14.4. The number of hydrogen-bond donors (Lipinski definition) is 3. The number of carboxylic acids is 1. The van der Waals surface area contributed by atoms with Crippen LogP contribution in [0.1, 0.15) is 13.3 Å². The number of nitrogens with zero attached hydrogens (tertiary/aromatic N) is 1.